The molecule has 1 heterocycles. The van der Waals surface area contributed by atoms with Crippen molar-refractivity contribution in [3.05, 3.63) is 22.3 Å². The van der Waals surface area contributed by atoms with E-state index in [4.69, 9.17) is 4.74 Å². The van der Waals surface area contributed by atoms with Crippen LogP contribution < -0.4 is 5.32 Å². The first-order valence-electron chi connectivity index (χ1n) is 4.62. The molecule has 0 saturated heterocycles. The van der Waals surface area contributed by atoms with Gasteiger partial charge in [-0.05, 0) is 24.8 Å². The van der Waals surface area contributed by atoms with Crippen molar-refractivity contribution in [3.8, 4) is 0 Å². The number of thioether (sulfide) groups is 1. The molecule has 1 aliphatic heterocycles. The Kier molecular flexibility index (Phi) is 4.30. The molecule has 1 aliphatic rings. The van der Waals surface area contributed by atoms with Crippen molar-refractivity contribution in [1.82, 2.24) is 5.32 Å². The predicted molar refractivity (Wildman–Crippen MR) is 59.5 cm³/mol. The van der Waals surface area contributed by atoms with Gasteiger partial charge < -0.3 is 10.1 Å². The molecule has 0 unspecified atom stereocenters. The van der Waals surface area contributed by atoms with Gasteiger partial charge in [-0.2, -0.15) is 0 Å². The van der Waals surface area contributed by atoms with Gasteiger partial charge in [0.25, 0.3) is 0 Å². The summed E-state index contributed by atoms with van der Waals surface area (Å²) in [6, 6.07) is 0. The van der Waals surface area contributed by atoms with Gasteiger partial charge in [-0.3, -0.25) is 9.59 Å². The highest BCUT2D eigenvalue weighted by atomic mass is 32.2. The third-order valence-corrected chi connectivity index (χ3v) is 2.80. The summed E-state index contributed by atoms with van der Waals surface area (Å²) in [7, 11) is 1.58. The molecule has 5 nitrogen and oxygen atoms in total. The van der Waals surface area contributed by atoms with E-state index in [2.05, 4.69) is 5.32 Å². The topological polar surface area (TPSA) is 72.5 Å². The highest BCUT2D eigenvalue weighted by Gasteiger charge is 2.33. The average Bonchev–Trinajstić information content (AvgIpc) is 2.55. The van der Waals surface area contributed by atoms with Gasteiger partial charge in [0.15, 0.2) is 0 Å². The van der Waals surface area contributed by atoms with Crippen LogP contribution in [0.2, 0.25) is 0 Å². The van der Waals surface area contributed by atoms with Gasteiger partial charge in [0, 0.05) is 12.0 Å². The molecule has 0 aliphatic carbocycles. The third-order valence-electron chi connectivity index (χ3n) is 1.85. The maximum atomic E-state index is 11.6. The van der Waals surface area contributed by atoms with Crippen molar-refractivity contribution in [2.75, 3.05) is 13.7 Å². The van der Waals surface area contributed by atoms with E-state index in [1.165, 1.54) is 6.08 Å². The lowest BCUT2D eigenvalue weighted by atomic mass is 10.2. The second kappa shape index (κ2) is 5.50. The summed E-state index contributed by atoms with van der Waals surface area (Å²) in [4.78, 5) is 33.9. The molecule has 6 heteroatoms. The van der Waals surface area contributed by atoms with Gasteiger partial charge in [-0.1, -0.05) is 0 Å². The SMILES string of the molecule is CCOC(=O)C1=C(NC)/C(=C/C=O)SC1=O. The summed E-state index contributed by atoms with van der Waals surface area (Å²) in [5, 5.41) is 2.32. The number of rotatable bonds is 4. The number of nitrogens with one attached hydrogen (secondary N) is 1. The minimum atomic E-state index is -0.668. The molecular weight excluding hydrogens is 230 g/mol. The monoisotopic (exact) mass is 241 g/mol. The molecule has 0 bridgehead atoms. The van der Waals surface area contributed by atoms with Crippen LogP contribution in [0.1, 0.15) is 6.92 Å². The molecular formula is C10H11NO4S. The number of ether oxygens (including phenoxy) is 1. The lowest BCUT2D eigenvalue weighted by Gasteiger charge is -2.04. The maximum Gasteiger partial charge on any atom is 0.344 e. The Morgan fingerprint density at radius 1 is 1.56 bits per heavy atom. The fraction of sp³-hybridized carbons (Fsp3) is 0.300. The molecule has 86 valence electrons. The summed E-state index contributed by atoms with van der Waals surface area (Å²) < 4.78 is 4.77. The van der Waals surface area contributed by atoms with E-state index in [-0.39, 0.29) is 12.2 Å². The zero-order valence-corrected chi connectivity index (χ0v) is 9.72. The van der Waals surface area contributed by atoms with Gasteiger partial charge in [-0.25, -0.2) is 4.79 Å². The Hall–Kier alpha value is -1.56. The van der Waals surface area contributed by atoms with Crippen LogP contribution in [0.5, 0.6) is 0 Å². The van der Waals surface area contributed by atoms with Crippen molar-refractivity contribution in [2.45, 2.75) is 6.92 Å². The maximum absolute atomic E-state index is 11.6. The Balaban J connectivity index is 3.14. The van der Waals surface area contributed by atoms with Crippen molar-refractivity contribution in [3.63, 3.8) is 0 Å². The minimum absolute atomic E-state index is 0.0394. The van der Waals surface area contributed by atoms with E-state index in [9.17, 15) is 14.4 Å². The van der Waals surface area contributed by atoms with Gasteiger partial charge in [-0.15, -0.1) is 0 Å². The number of hydrogen-bond acceptors (Lipinski definition) is 6. The van der Waals surface area contributed by atoms with E-state index in [1.54, 1.807) is 14.0 Å². The van der Waals surface area contributed by atoms with Gasteiger partial charge in [0.2, 0.25) is 5.12 Å². The van der Waals surface area contributed by atoms with Crippen LogP contribution in [0, 0.1) is 0 Å². The normalized spacial score (nSPS) is 17.9. The average molecular weight is 241 g/mol. The van der Waals surface area contributed by atoms with Crippen molar-refractivity contribution in [2.24, 2.45) is 0 Å². The number of likely N-dealkylation sites (N-methyl/N-ethyl adjacent to an activating group) is 1. The number of aldehydes is 1. The highest BCUT2D eigenvalue weighted by molar-refractivity contribution is 8.18. The van der Waals surface area contributed by atoms with Crippen LogP contribution in [0.3, 0.4) is 0 Å². The second-order valence-corrected chi connectivity index (χ2v) is 3.79. The van der Waals surface area contributed by atoms with Crippen molar-refractivity contribution in [1.29, 1.82) is 0 Å². The van der Waals surface area contributed by atoms with Gasteiger partial charge >= 0.3 is 5.97 Å². The second-order valence-electron chi connectivity index (χ2n) is 2.78. The lowest BCUT2D eigenvalue weighted by molar-refractivity contribution is -0.139. The summed E-state index contributed by atoms with van der Waals surface area (Å²) >= 11 is 0.839. The van der Waals surface area contributed by atoms with Crippen LogP contribution in [0.15, 0.2) is 22.3 Å². The number of carbonyl (C=O) groups excluding carboxylic acids is 3. The van der Waals surface area contributed by atoms with Crippen LogP contribution in [-0.2, 0) is 19.1 Å². The van der Waals surface area contributed by atoms with E-state index in [0.29, 0.717) is 16.9 Å². The van der Waals surface area contributed by atoms with E-state index in [0.717, 1.165) is 11.8 Å². The summed E-state index contributed by atoms with van der Waals surface area (Å²) in [5.41, 5.74) is 0.308. The van der Waals surface area contributed by atoms with E-state index in [1.807, 2.05) is 0 Å². The molecule has 16 heavy (non-hydrogen) atoms. The number of esters is 1. The van der Waals surface area contributed by atoms with Crippen molar-refractivity contribution < 1.29 is 19.1 Å². The smallest absolute Gasteiger partial charge is 0.344 e. The minimum Gasteiger partial charge on any atom is -0.462 e. The molecule has 1 rings (SSSR count). The van der Waals surface area contributed by atoms with Crippen LogP contribution in [-0.4, -0.2) is 31.0 Å². The zero-order valence-electron chi connectivity index (χ0n) is 8.90. The largest absolute Gasteiger partial charge is 0.462 e. The molecule has 0 radical (unpaired) electrons. The van der Waals surface area contributed by atoms with Gasteiger partial charge in [0.1, 0.15) is 11.9 Å². The summed E-state index contributed by atoms with van der Waals surface area (Å²) in [6.07, 6.45) is 1.81. The molecule has 0 aromatic rings. The van der Waals surface area contributed by atoms with Crippen LogP contribution in [0.4, 0.5) is 0 Å². The van der Waals surface area contributed by atoms with E-state index < -0.39 is 11.1 Å². The molecule has 0 spiro atoms. The number of allylic oxidation sites excluding steroid dienone is 1. The van der Waals surface area contributed by atoms with Gasteiger partial charge in [0.05, 0.1) is 12.3 Å². The fourth-order valence-electron chi connectivity index (χ4n) is 1.24. The Bertz CT molecular complexity index is 398. The summed E-state index contributed by atoms with van der Waals surface area (Å²) in [5.74, 6) is -0.668. The quantitative estimate of drug-likeness (QED) is 0.332. The predicted octanol–water partition coefficient (Wildman–Crippen LogP) is 0.379. The molecule has 1 N–H and O–H groups in total. The van der Waals surface area contributed by atoms with Crippen LogP contribution in [0.25, 0.3) is 0 Å². The Morgan fingerprint density at radius 2 is 2.25 bits per heavy atom. The molecule has 0 fully saturated rings. The Labute approximate surface area is 96.9 Å². The third kappa shape index (κ3) is 2.33. The van der Waals surface area contributed by atoms with E-state index >= 15 is 0 Å². The zero-order chi connectivity index (χ0) is 12.1. The fourth-order valence-corrected chi connectivity index (χ4v) is 2.16. The molecule has 0 aromatic carbocycles. The Morgan fingerprint density at radius 3 is 2.75 bits per heavy atom. The summed E-state index contributed by atoms with van der Waals surface area (Å²) in [6.45, 7) is 1.86. The standard InChI is InChI=1S/C10H11NO4S/c1-3-15-9(13)7-8(11-2)6(4-5-12)16-10(7)14/h4-5,11H,3H2,1-2H3/b6-4-. The van der Waals surface area contributed by atoms with Crippen molar-refractivity contribution >= 4 is 29.1 Å². The first-order chi connectivity index (χ1) is 7.65. The first-order valence-corrected chi connectivity index (χ1v) is 5.44. The number of carbonyl (C=O) groups is 3. The molecule has 0 atom stereocenters. The lowest BCUT2D eigenvalue weighted by Crippen LogP contribution is -2.17. The number of hydrogen-bond donors (Lipinski definition) is 1. The molecule has 0 aromatic heterocycles. The molecule has 0 saturated carbocycles. The first kappa shape index (κ1) is 12.5. The van der Waals surface area contributed by atoms with Crippen LogP contribution >= 0.6 is 11.8 Å². The highest BCUT2D eigenvalue weighted by Crippen LogP contribution is 2.36. The molecule has 0 amide bonds.